The lowest BCUT2D eigenvalue weighted by Crippen LogP contribution is -2.18. The highest BCUT2D eigenvalue weighted by atomic mass is 16.5. The van der Waals surface area contributed by atoms with Crippen molar-refractivity contribution in [2.24, 2.45) is 0 Å². The van der Waals surface area contributed by atoms with Crippen LogP contribution in [0.15, 0.2) is 24.3 Å². The number of carboxylic acid groups (broad SMARTS) is 1. The quantitative estimate of drug-likeness (QED) is 0.499. The number of esters is 1. The summed E-state index contributed by atoms with van der Waals surface area (Å²) in [4.78, 5) is 21.8. The van der Waals surface area contributed by atoms with Crippen LogP contribution in [0.3, 0.4) is 0 Å². The Labute approximate surface area is 94.0 Å². The number of aliphatic carboxylic acids is 1. The van der Waals surface area contributed by atoms with E-state index in [4.69, 9.17) is 14.9 Å². The van der Waals surface area contributed by atoms with Crippen molar-refractivity contribution in [3.8, 4) is 0 Å². The fraction of sp³-hybridized carbons (Fsp3) is 0.455. The van der Waals surface area contributed by atoms with E-state index >= 15 is 0 Å². The third-order valence-corrected chi connectivity index (χ3v) is 1.85. The van der Waals surface area contributed by atoms with Gasteiger partial charge in [0.1, 0.15) is 6.10 Å². The van der Waals surface area contributed by atoms with E-state index in [2.05, 4.69) is 13.2 Å². The van der Waals surface area contributed by atoms with E-state index in [9.17, 15) is 9.59 Å². The first kappa shape index (κ1) is 14.4. The Kier molecular flexibility index (Phi) is 6.10. The number of hydrogen-bond donors (Lipinski definition) is 2. The number of carbonyl (C=O) groups is 2. The normalized spacial score (nSPS) is 11.6. The molecule has 5 nitrogen and oxygen atoms in total. The molecule has 0 radical (unpaired) electrons. The van der Waals surface area contributed by atoms with Crippen LogP contribution < -0.4 is 0 Å². The molecule has 1 atom stereocenters. The van der Waals surface area contributed by atoms with Gasteiger partial charge < -0.3 is 14.9 Å². The van der Waals surface area contributed by atoms with E-state index in [1.54, 1.807) is 6.92 Å². The monoisotopic (exact) mass is 228 g/mol. The van der Waals surface area contributed by atoms with Crippen LogP contribution in [0.25, 0.3) is 0 Å². The van der Waals surface area contributed by atoms with E-state index in [0.717, 1.165) is 0 Å². The van der Waals surface area contributed by atoms with Gasteiger partial charge in [0.05, 0.1) is 0 Å². The van der Waals surface area contributed by atoms with Crippen LogP contribution in [0.4, 0.5) is 0 Å². The number of aliphatic hydroxyl groups is 1. The smallest absolute Gasteiger partial charge is 0.333 e. The molecule has 90 valence electrons. The molecule has 0 aliphatic rings. The van der Waals surface area contributed by atoms with Gasteiger partial charge >= 0.3 is 11.9 Å². The van der Waals surface area contributed by atoms with Crippen LogP contribution in [0.5, 0.6) is 0 Å². The summed E-state index contributed by atoms with van der Waals surface area (Å²) in [6, 6.07) is 0. The third-order valence-electron chi connectivity index (χ3n) is 1.85. The second-order valence-electron chi connectivity index (χ2n) is 3.41. The number of rotatable bonds is 7. The Morgan fingerprint density at radius 2 is 1.88 bits per heavy atom. The molecule has 16 heavy (non-hydrogen) atoms. The molecule has 5 heteroatoms. The van der Waals surface area contributed by atoms with Gasteiger partial charge in [-0.2, -0.15) is 0 Å². The highest BCUT2D eigenvalue weighted by molar-refractivity contribution is 5.88. The van der Waals surface area contributed by atoms with Crippen molar-refractivity contribution in [1.29, 1.82) is 0 Å². The van der Waals surface area contributed by atoms with E-state index in [1.807, 2.05) is 0 Å². The topological polar surface area (TPSA) is 83.8 Å². The average molecular weight is 228 g/mol. The zero-order valence-electron chi connectivity index (χ0n) is 9.23. The van der Waals surface area contributed by atoms with Crippen molar-refractivity contribution in [2.75, 3.05) is 6.61 Å². The summed E-state index contributed by atoms with van der Waals surface area (Å²) in [5.74, 6) is -1.74. The van der Waals surface area contributed by atoms with Crippen LogP contribution in [0.1, 0.15) is 19.8 Å². The van der Waals surface area contributed by atoms with Crippen molar-refractivity contribution in [1.82, 2.24) is 0 Å². The maximum atomic E-state index is 11.3. The Morgan fingerprint density at radius 3 is 2.31 bits per heavy atom. The Balaban J connectivity index is 4.10. The molecule has 0 rings (SSSR count). The van der Waals surface area contributed by atoms with Crippen LogP contribution in [0, 0.1) is 0 Å². The van der Waals surface area contributed by atoms with Crippen LogP contribution >= 0.6 is 0 Å². The molecule has 0 aliphatic carbocycles. The minimum absolute atomic E-state index is 0.0203. The van der Waals surface area contributed by atoms with Crippen molar-refractivity contribution in [3.05, 3.63) is 24.3 Å². The second kappa shape index (κ2) is 6.79. The van der Waals surface area contributed by atoms with Crippen molar-refractivity contribution >= 4 is 11.9 Å². The van der Waals surface area contributed by atoms with E-state index in [0.29, 0.717) is 0 Å². The molecular formula is C11H16O5. The zero-order valence-corrected chi connectivity index (χ0v) is 9.23. The SMILES string of the molecule is C=C(CC(C)OC(=O)C(=C)CCO)C(=O)O. The number of carbonyl (C=O) groups excluding carboxylic acids is 1. The first-order valence-electron chi connectivity index (χ1n) is 4.79. The third kappa shape index (κ3) is 5.31. The van der Waals surface area contributed by atoms with Gasteiger partial charge in [0, 0.05) is 30.6 Å². The molecular weight excluding hydrogens is 212 g/mol. The Hall–Kier alpha value is -1.62. The van der Waals surface area contributed by atoms with Gasteiger partial charge in [-0.1, -0.05) is 13.2 Å². The van der Waals surface area contributed by atoms with E-state index in [-0.39, 0.29) is 30.6 Å². The number of carboxylic acids is 1. The molecule has 0 saturated heterocycles. The first-order valence-corrected chi connectivity index (χ1v) is 4.79. The van der Waals surface area contributed by atoms with Gasteiger partial charge in [-0.05, 0) is 6.92 Å². The van der Waals surface area contributed by atoms with Crippen molar-refractivity contribution in [2.45, 2.75) is 25.9 Å². The first-order chi connectivity index (χ1) is 7.38. The molecule has 1 unspecified atom stereocenters. The largest absolute Gasteiger partial charge is 0.478 e. The van der Waals surface area contributed by atoms with E-state index < -0.39 is 18.0 Å². The maximum Gasteiger partial charge on any atom is 0.333 e. The molecule has 0 fully saturated rings. The molecule has 0 aromatic carbocycles. The van der Waals surface area contributed by atoms with Crippen molar-refractivity contribution in [3.63, 3.8) is 0 Å². The van der Waals surface area contributed by atoms with Gasteiger partial charge in [0.2, 0.25) is 0 Å². The summed E-state index contributed by atoms with van der Waals surface area (Å²) in [5.41, 5.74) is 0.142. The van der Waals surface area contributed by atoms with Gasteiger partial charge in [0.25, 0.3) is 0 Å². The molecule has 0 heterocycles. The lowest BCUT2D eigenvalue weighted by Gasteiger charge is -2.13. The number of ether oxygens (including phenoxy) is 1. The van der Waals surface area contributed by atoms with Gasteiger partial charge in [-0.3, -0.25) is 0 Å². The van der Waals surface area contributed by atoms with E-state index in [1.165, 1.54) is 0 Å². The molecule has 0 aromatic rings. The molecule has 0 aliphatic heterocycles. The lowest BCUT2D eigenvalue weighted by molar-refractivity contribution is -0.144. The molecule has 0 amide bonds. The highest BCUT2D eigenvalue weighted by Gasteiger charge is 2.15. The maximum absolute atomic E-state index is 11.3. The van der Waals surface area contributed by atoms with Gasteiger partial charge in [0.15, 0.2) is 0 Å². The molecule has 2 N–H and O–H groups in total. The Bertz CT molecular complexity index is 305. The molecule has 0 saturated carbocycles. The predicted octanol–water partition coefficient (Wildman–Crippen LogP) is 0.888. The van der Waals surface area contributed by atoms with Crippen LogP contribution in [-0.2, 0) is 14.3 Å². The summed E-state index contributed by atoms with van der Waals surface area (Å²) < 4.78 is 4.91. The van der Waals surface area contributed by atoms with Gasteiger partial charge in [-0.25, -0.2) is 9.59 Å². The minimum atomic E-state index is -1.11. The predicted molar refractivity (Wildman–Crippen MR) is 57.8 cm³/mol. The second-order valence-corrected chi connectivity index (χ2v) is 3.41. The van der Waals surface area contributed by atoms with Crippen molar-refractivity contribution < 1.29 is 24.5 Å². The van der Waals surface area contributed by atoms with Crippen LogP contribution in [-0.4, -0.2) is 34.9 Å². The molecule has 0 aromatic heterocycles. The summed E-state index contributed by atoms with van der Waals surface area (Å²) in [5, 5.41) is 17.1. The summed E-state index contributed by atoms with van der Waals surface area (Å²) >= 11 is 0. The van der Waals surface area contributed by atoms with Gasteiger partial charge in [-0.15, -0.1) is 0 Å². The fourth-order valence-corrected chi connectivity index (χ4v) is 0.979. The number of hydrogen-bond acceptors (Lipinski definition) is 4. The molecule has 0 spiro atoms. The minimum Gasteiger partial charge on any atom is -0.478 e. The lowest BCUT2D eigenvalue weighted by atomic mass is 10.1. The summed E-state index contributed by atoms with van der Waals surface area (Å²) in [7, 11) is 0. The average Bonchev–Trinajstić information content (AvgIpc) is 2.17. The Morgan fingerprint density at radius 1 is 1.31 bits per heavy atom. The summed E-state index contributed by atoms with van der Waals surface area (Å²) in [6.45, 7) is 8.16. The standard InChI is InChI=1S/C11H16O5/c1-7(4-5-12)11(15)16-9(3)6-8(2)10(13)14/h9,12H,1-2,4-6H2,3H3,(H,13,14). The molecule has 0 bridgehead atoms. The highest BCUT2D eigenvalue weighted by Crippen LogP contribution is 2.10. The van der Waals surface area contributed by atoms with Crippen LogP contribution in [0.2, 0.25) is 0 Å². The summed E-state index contributed by atoms with van der Waals surface area (Å²) in [6.07, 6.45) is -0.370. The number of aliphatic hydroxyl groups excluding tert-OH is 1. The zero-order chi connectivity index (χ0) is 12.7. The fourth-order valence-electron chi connectivity index (χ4n) is 0.979.